The van der Waals surface area contributed by atoms with E-state index in [4.69, 9.17) is 9.15 Å². The molecule has 1 rings (SSSR count). The van der Waals surface area contributed by atoms with Crippen molar-refractivity contribution in [2.45, 2.75) is 58.9 Å². The van der Waals surface area contributed by atoms with Crippen LogP contribution in [0.3, 0.4) is 0 Å². The van der Waals surface area contributed by atoms with Crippen molar-refractivity contribution in [3.63, 3.8) is 0 Å². The lowest BCUT2D eigenvalue weighted by atomic mass is 10.1. The highest BCUT2D eigenvalue weighted by Gasteiger charge is 2.24. The van der Waals surface area contributed by atoms with Gasteiger partial charge in [0.2, 0.25) is 0 Å². The van der Waals surface area contributed by atoms with E-state index in [1.54, 1.807) is 6.26 Å². The fourth-order valence-electron chi connectivity index (χ4n) is 1.80. The Morgan fingerprint density at radius 1 is 1.44 bits per heavy atom. The highest BCUT2D eigenvalue weighted by molar-refractivity contribution is 6.87. The molecule has 1 heterocycles. The Balaban J connectivity index is 2.84. The summed E-state index contributed by atoms with van der Waals surface area (Å²) < 4.78 is 11.0. The number of esters is 1. The van der Waals surface area contributed by atoms with Crippen molar-refractivity contribution in [3.8, 4) is 0 Å². The van der Waals surface area contributed by atoms with Gasteiger partial charge < -0.3 is 9.15 Å². The molecule has 0 amide bonds. The summed E-state index contributed by atoms with van der Waals surface area (Å²) in [6.45, 7) is 10.3. The minimum atomic E-state index is -1.44. The second-order valence-electron chi connectivity index (χ2n) is 5.73. The van der Waals surface area contributed by atoms with Gasteiger partial charge in [0.25, 0.3) is 0 Å². The highest BCUT2D eigenvalue weighted by Crippen LogP contribution is 2.24. The Morgan fingerprint density at radius 3 is 2.56 bits per heavy atom. The molecule has 0 saturated carbocycles. The summed E-state index contributed by atoms with van der Waals surface area (Å²) in [7, 11) is -1.44. The normalized spacial score (nSPS) is 13.4. The van der Waals surface area contributed by atoms with Crippen molar-refractivity contribution in [2.75, 3.05) is 0 Å². The first kappa shape index (κ1) is 15.0. The van der Waals surface area contributed by atoms with Crippen molar-refractivity contribution in [1.82, 2.24) is 0 Å². The Morgan fingerprint density at radius 2 is 2.11 bits per heavy atom. The number of rotatable bonds is 6. The van der Waals surface area contributed by atoms with Gasteiger partial charge >= 0.3 is 5.97 Å². The maximum Gasteiger partial charge on any atom is 0.303 e. The van der Waals surface area contributed by atoms with Crippen LogP contribution in [0.25, 0.3) is 0 Å². The second-order valence-corrected chi connectivity index (χ2v) is 10.7. The van der Waals surface area contributed by atoms with Crippen molar-refractivity contribution in [2.24, 2.45) is 0 Å². The van der Waals surface area contributed by atoms with Crippen LogP contribution in [0.2, 0.25) is 19.6 Å². The summed E-state index contributed by atoms with van der Waals surface area (Å²) in [5, 5.41) is 1.06. The summed E-state index contributed by atoms with van der Waals surface area (Å²) in [6.07, 6.45) is 4.59. The molecule has 0 aromatic carbocycles. The van der Waals surface area contributed by atoms with E-state index < -0.39 is 8.07 Å². The summed E-state index contributed by atoms with van der Waals surface area (Å²) in [5.74, 6) is -0.230. The van der Waals surface area contributed by atoms with E-state index in [2.05, 4.69) is 32.6 Å². The Bertz CT molecular complexity index is 390. The molecule has 18 heavy (non-hydrogen) atoms. The smallest absolute Gasteiger partial charge is 0.303 e. The number of carbonyl (C=O) groups excluding carboxylic acids is 1. The van der Waals surface area contributed by atoms with E-state index in [1.807, 2.05) is 0 Å². The number of hydrogen-bond acceptors (Lipinski definition) is 3. The summed E-state index contributed by atoms with van der Waals surface area (Å²) in [5.41, 5.74) is 0.996. The lowest BCUT2D eigenvalue weighted by Crippen LogP contribution is -2.36. The largest absolute Gasteiger partial charge is 0.474 e. The molecule has 3 nitrogen and oxygen atoms in total. The fraction of sp³-hybridized carbons (Fsp3) is 0.643. The van der Waals surface area contributed by atoms with Crippen molar-refractivity contribution < 1.29 is 13.9 Å². The zero-order valence-electron chi connectivity index (χ0n) is 12.1. The van der Waals surface area contributed by atoms with Gasteiger partial charge in [0.05, 0.1) is 11.6 Å². The molecule has 0 spiro atoms. The zero-order valence-corrected chi connectivity index (χ0v) is 13.1. The van der Waals surface area contributed by atoms with Crippen LogP contribution in [0, 0.1) is 0 Å². The minimum absolute atomic E-state index is 0.156. The number of hydrogen-bond donors (Lipinski definition) is 0. The molecule has 102 valence electrons. The second kappa shape index (κ2) is 6.23. The van der Waals surface area contributed by atoms with Crippen molar-refractivity contribution in [3.05, 3.63) is 17.9 Å². The average Bonchev–Trinajstić information content (AvgIpc) is 2.72. The quantitative estimate of drug-likeness (QED) is 0.584. The fourth-order valence-corrected chi connectivity index (χ4v) is 2.81. The molecule has 1 unspecified atom stereocenters. The van der Waals surface area contributed by atoms with Gasteiger partial charge in [-0.2, -0.15) is 0 Å². The van der Waals surface area contributed by atoms with E-state index in [0.717, 1.165) is 30.2 Å². The number of furan rings is 1. The van der Waals surface area contributed by atoms with Gasteiger partial charge in [-0.3, -0.25) is 4.79 Å². The molecule has 1 atom stereocenters. The standard InChI is InChI=1S/C14H24O3Si/c1-6-7-8-13(17-11(2)15)12-9-14(16-10-12)18(3,4)5/h9-10,13H,6-8H2,1-5H3. The predicted octanol–water partition coefficient (Wildman–Crippen LogP) is 3.62. The Kier molecular flexibility index (Phi) is 5.20. The van der Waals surface area contributed by atoms with E-state index in [-0.39, 0.29) is 12.1 Å². The first-order valence-corrected chi connectivity index (χ1v) is 10.1. The van der Waals surface area contributed by atoms with Crippen LogP contribution in [0.15, 0.2) is 16.7 Å². The van der Waals surface area contributed by atoms with E-state index in [9.17, 15) is 4.79 Å². The van der Waals surface area contributed by atoms with Gasteiger partial charge in [0.1, 0.15) is 14.2 Å². The van der Waals surface area contributed by atoms with Gasteiger partial charge in [-0.05, 0) is 18.9 Å². The molecule has 0 aliphatic carbocycles. The third kappa shape index (κ3) is 4.33. The summed E-state index contributed by atoms with van der Waals surface area (Å²) in [6, 6.07) is 2.06. The highest BCUT2D eigenvalue weighted by atomic mass is 28.3. The van der Waals surface area contributed by atoms with Gasteiger partial charge in [0.15, 0.2) is 0 Å². The SMILES string of the molecule is CCCCC(OC(C)=O)c1coc([Si](C)(C)C)c1. The minimum Gasteiger partial charge on any atom is -0.474 e. The van der Waals surface area contributed by atoms with Crippen LogP contribution in [0.1, 0.15) is 44.8 Å². The van der Waals surface area contributed by atoms with Crippen LogP contribution >= 0.6 is 0 Å². The molecule has 0 radical (unpaired) electrons. The van der Waals surface area contributed by atoms with Gasteiger partial charge in [-0.25, -0.2) is 0 Å². The Hall–Kier alpha value is -1.03. The molecule has 0 saturated heterocycles. The monoisotopic (exact) mass is 268 g/mol. The number of unbranched alkanes of at least 4 members (excludes halogenated alkanes) is 1. The molecule has 0 N–H and O–H groups in total. The van der Waals surface area contributed by atoms with Crippen molar-refractivity contribution in [1.29, 1.82) is 0 Å². The first-order valence-electron chi connectivity index (χ1n) is 6.60. The van der Waals surface area contributed by atoms with Gasteiger partial charge in [0, 0.05) is 12.5 Å². The maximum absolute atomic E-state index is 11.2. The lowest BCUT2D eigenvalue weighted by Gasteiger charge is -2.15. The van der Waals surface area contributed by atoms with Crippen LogP contribution in [-0.2, 0) is 9.53 Å². The topological polar surface area (TPSA) is 39.4 Å². The van der Waals surface area contributed by atoms with Crippen LogP contribution in [-0.4, -0.2) is 14.0 Å². The summed E-state index contributed by atoms with van der Waals surface area (Å²) >= 11 is 0. The molecule has 0 bridgehead atoms. The molecular weight excluding hydrogens is 244 g/mol. The Labute approximate surface area is 111 Å². The van der Waals surface area contributed by atoms with Crippen molar-refractivity contribution >= 4 is 19.4 Å². The predicted molar refractivity (Wildman–Crippen MR) is 75.7 cm³/mol. The van der Waals surface area contributed by atoms with Gasteiger partial charge in [-0.15, -0.1) is 0 Å². The van der Waals surface area contributed by atoms with Crippen LogP contribution in [0.4, 0.5) is 0 Å². The molecule has 0 aliphatic heterocycles. The lowest BCUT2D eigenvalue weighted by molar-refractivity contribution is -0.147. The van der Waals surface area contributed by atoms with E-state index >= 15 is 0 Å². The molecule has 0 fully saturated rings. The van der Waals surface area contributed by atoms with Gasteiger partial charge in [-0.1, -0.05) is 33.0 Å². The number of carbonyl (C=O) groups is 1. The maximum atomic E-state index is 11.2. The van der Waals surface area contributed by atoms with E-state index in [0.29, 0.717) is 0 Å². The van der Waals surface area contributed by atoms with Crippen LogP contribution < -0.4 is 5.38 Å². The summed E-state index contributed by atoms with van der Waals surface area (Å²) in [4.78, 5) is 11.2. The third-order valence-corrected chi connectivity index (χ3v) is 4.60. The molecule has 1 aromatic rings. The average molecular weight is 268 g/mol. The molecule has 0 aliphatic rings. The van der Waals surface area contributed by atoms with Crippen LogP contribution in [0.5, 0.6) is 0 Å². The third-order valence-electron chi connectivity index (χ3n) is 2.86. The number of ether oxygens (including phenoxy) is 1. The molecular formula is C14H24O3Si. The first-order chi connectivity index (χ1) is 8.34. The molecule has 1 aromatic heterocycles. The molecule has 4 heteroatoms. The zero-order chi connectivity index (χ0) is 13.8. The van der Waals surface area contributed by atoms with E-state index in [1.165, 1.54) is 6.92 Å².